The van der Waals surface area contributed by atoms with Gasteiger partial charge in [-0.2, -0.15) is 0 Å². The van der Waals surface area contributed by atoms with Crippen LogP contribution in [0.25, 0.3) is 0 Å². The Balaban J connectivity index is 1.29. The van der Waals surface area contributed by atoms with E-state index in [0.29, 0.717) is 18.4 Å². The zero-order valence-electron chi connectivity index (χ0n) is 46.0. The summed E-state index contributed by atoms with van der Waals surface area (Å²) in [6.45, 7) is 19.6. The average Bonchev–Trinajstić information content (AvgIpc) is 3.79. The number of carbonyl (C=O) groups is 7. The van der Waals surface area contributed by atoms with Crippen LogP contribution < -0.4 is 26.6 Å². The van der Waals surface area contributed by atoms with Crippen LogP contribution in [0.1, 0.15) is 160 Å². The smallest absolute Gasteiger partial charge is 0.408 e. The lowest BCUT2D eigenvalue weighted by Crippen LogP contribution is -2.60. The molecule has 3 aliphatic rings. The van der Waals surface area contributed by atoms with Gasteiger partial charge in [0, 0.05) is 23.6 Å². The predicted molar refractivity (Wildman–Crippen MR) is 290 cm³/mol. The number of thioether (sulfide) groups is 1. The van der Waals surface area contributed by atoms with Crippen LogP contribution in [0.5, 0.6) is 0 Å². The molecule has 17 heteroatoms. The lowest BCUT2D eigenvalue weighted by atomic mass is 9.85. The summed E-state index contributed by atoms with van der Waals surface area (Å²) in [6, 6.07) is 18.9. The van der Waals surface area contributed by atoms with Gasteiger partial charge in [0.15, 0.2) is 0 Å². The Kier molecular flexibility index (Phi) is 18.8. The molecular formula is C58H80N6O10S. The van der Waals surface area contributed by atoms with Crippen molar-refractivity contribution < 1.29 is 47.8 Å². The van der Waals surface area contributed by atoms with Crippen LogP contribution in [0, 0.1) is 5.41 Å². The molecule has 1 unspecified atom stereocenters. The maximum absolute atomic E-state index is 14.9. The van der Waals surface area contributed by atoms with E-state index in [0.717, 1.165) is 66.1 Å². The van der Waals surface area contributed by atoms with Crippen LogP contribution in [-0.4, -0.2) is 106 Å². The van der Waals surface area contributed by atoms with E-state index >= 15 is 0 Å². The number of carbonyl (C=O) groups excluding carboxylic acids is 7. The van der Waals surface area contributed by atoms with Crippen molar-refractivity contribution in [2.45, 2.75) is 186 Å². The molecule has 1 fully saturated rings. The van der Waals surface area contributed by atoms with E-state index in [9.17, 15) is 33.6 Å². The van der Waals surface area contributed by atoms with Crippen molar-refractivity contribution in [2.24, 2.45) is 5.41 Å². The molecule has 3 aromatic carbocycles. The number of aryl methyl sites for hydroxylation is 2. The number of benzene rings is 3. The number of fused-ring (bicyclic) bond motifs is 2. The topological polar surface area (TPSA) is 211 Å². The number of alkyl carbamates (subject to hydrolysis) is 2. The van der Waals surface area contributed by atoms with Gasteiger partial charge < -0.3 is 45.7 Å². The molecule has 0 saturated carbocycles. The molecule has 75 heavy (non-hydrogen) atoms. The van der Waals surface area contributed by atoms with Gasteiger partial charge in [0.25, 0.3) is 0 Å². The number of nitrogens with one attached hydrogen (secondary N) is 5. The van der Waals surface area contributed by atoms with Crippen molar-refractivity contribution in [3.8, 4) is 0 Å². The van der Waals surface area contributed by atoms with Gasteiger partial charge in [0.05, 0.1) is 24.9 Å². The summed E-state index contributed by atoms with van der Waals surface area (Å²) in [5.41, 5.74) is 3.56. The third-order valence-electron chi connectivity index (χ3n) is 14.0. The standard InChI is InChI=1S/C58H80N6O10S/c1-55(2,3)48(63-54(71)74-57(7,8)9)52(69)64-33-39(32-45(64)50(67)60-43-26-18-22-38-20-14-16-24-41(38)43)36-29-27-35(28-30-36)31-44(49(66)59-42-25-17-21-37-19-13-15-23-40(37)42)61-51(68)47(62-53(70)73-56(4,5)6)58(10,11)75-34-46(65)72-12/h13-16,19-20,23-24,27-30,39,42-45,47-48H,17-18,21-22,25-26,31-34H2,1-12H3,(H,59,66)(H,60,67)(H,61,68)(H,62,70)(H,63,71)/t39-,42+,43+,44-,45-,47+,48?/m0/s1. The normalized spacial score (nSPS) is 19.9. The molecule has 7 atom stereocenters. The molecule has 1 heterocycles. The minimum absolute atomic E-state index is 0.0634. The van der Waals surface area contributed by atoms with E-state index in [2.05, 4.69) is 38.7 Å². The first kappa shape index (κ1) is 58.2. The zero-order chi connectivity index (χ0) is 55.0. The Hall–Kier alpha value is -6.10. The monoisotopic (exact) mass is 1050 g/mol. The van der Waals surface area contributed by atoms with E-state index in [-0.39, 0.29) is 42.6 Å². The highest BCUT2D eigenvalue weighted by molar-refractivity contribution is 8.01. The summed E-state index contributed by atoms with van der Waals surface area (Å²) in [4.78, 5) is 99.2. The number of amides is 6. The first-order chi connectivity index (χ1) is 35.1. The lowest BCUT2D eigenvalue weighted by Gasteiger charge is -2.36. The van der Waals surface area contributed by atoms with E-state index in [1.165, 1.54) is 12.7 Å². The van der Waals surface area contributed by atoms with Crippen molar-refractivity contribution in [1.82, 2.24) is 31.5 Å². The molecule has 0 spiro atoms. The molecule has 3 aromatic rings. The van der Waals surface area contributed by atoms with Gasteiger partial charge in [-0.3, -0.25) is 24.0 Å². The number of hydrogen-bond acceptors (Lipinski definition) is 11. The van der Waals surface area contributed by atoms with Gasteiger partial charge in [-0.05, 0) is 139 Å². The molecule has 2 aliphatic carbocycles. The van der Waals surface area contributed by atoms with Gasteiger partial charge in [-0.25, -0.2) is 9.59 Å². The number of rotatable bonds is 16. The molecule has 6 amide bonds. The van der Waals surface area contributed by atoms with Crippen molar-refractivity contribution >= 4 is 53.5 Å². The second kappa shape index (κ2) is 24.3. The third kappa shape index (κ3) is 16.0. The summed E-state index contributed by atoms with van der Waals surface area (Å²) < 4.78 is 14.9. The van der Waals surface area contributed by atoms with Crippen LogP contribution >= 0.6 is 11.8 Å². The van der Waals surface area contributed by atoms with Crippen LogP contribution in [0.2, 0.25) is 0 Å². The molecule has 408 valence electrons. The molecule has 0 aromatic heterocycles. The first-order valence-corrected chi connectivity index (χ1v) is 27.3. The van der Waals surface area contributed by atoms with Crippen LogP contribution in [0.4, 0.5) is 9.59 Å². The molecule has 1 saturated heterocycles. The number of likely N-dealkylation sites (tertiary alicyclic amines) is 1. The molecule has 0 bridgehead atoms. The highest BCUT2D eigenvalue weighted by atomic mass is 32.2. The van der Waals surface area contributed by atoms with Crippen molar-refractivity contribution in [3.05, 3.63) is 106 Å². The van der Waals surface area contributed by atoms with Crippen molar-refractivity contribution in [1.29, 1.82) is 0 Å². The fraction of sp³-hybridized carbons (Fsp3) is 0.569. The number of methoxy groups -OCH3 is 1. The van der Waals surface area contributed by atoms with Crippen molar-refractivity contribution in [3.63, 3.8) is 0 Å². The second-order valence-electron chi connectivity index (χ2n) is 23.7. The second-order valence-corrected chi connectivity index (χ2v) is 25.4. The summed E-state index contributed by atoms with van der Waals surface area (Å²) in [5, 5.41) is 15.0. The van der Waals surface area contributed by atoms with Crippen LogP contribution in [-0.2, 0) is 57.4 Å². The average molecular weight is 1050 g/mol. The Labute approximate surface area is 447 Å². The molecule has 5 N–H and O–H groups in total. The molecule has 0 radical (unpaired) electrons. The SMILES string of the molecule is COC(=O)CSC(C)(C)[C@H](NC(=O)OC(C)(C)C)C(=O)N[C@@H](Cc1ccc([C@H]2C[C@@H](C(=O)N[C@@H]3CCCc4ccccc43)N(C(=O)C(NC(=O)OC(C)(C)C)C(C)(C)C)C2)cc1)C(=O)N[C@@H]1CCCc2ccccc21. The highest BCUT2D eigenvalue weighted by Crippen LogP contribution is 2.37. The number of hydrogen-bond donors (Lipinski definition) is 5. The highest BCUT2D eigenvalue weighted by Gasteiger charge is 2.47. The summed E-state index contributed by atoms with van der Waals surface area (Å²) in [6.07, 6.45) is 3.86. The van der Waals surface area contributed by atoms with E-state index in [4.69, 9.17) is 14.2 Å². The molecule has 1 aliphatic heterocycles. The van der Waals surface area contributed by atoms with Gasteiger partial charge in [0.1, 0.15) is 35.4 Å². The van der Waals surface area contributed by atoms with E-state index in [1.807, 2.05) is 81.4 Å². The molecule has 16 nitrogen and oxygen atoms in total. The van der Waals surface area contributed by atoms with Crippen molar-refractivity contribution in [2.75, 3.05) is 19.4 Å². The van der Waals surface area contributed by atoms with E-state index in [1.54, 1.807) is 60.3 Å². The van der Waals surface area contributed by atoms with E-state index < -0.39 is 81.4 Å². The first-order valence-electron chi connectivity index (χ1n) is 26.3. The zero-order valence-corrected chi connectivity index (χ0v) is 46.8. The van der Waals surface area contributed by atoms with Crippen LogP contribution in [0.15, 0.2) is 72.8 Å². The minimum atomic E-state index is -1.27. The quantitative estimate of drug-likeness (QED) is 0.0681. The Morgan fingerprint density at radius 2 is 1.17 bits per heavy atom. The fourth-order valence-corrected chi connectivity index (χ4v) is 11.1. The molecular weight excluding hydrogens is 973 g/mol. The third-order valence-corrected chi connectivity index (χ3v) is 15.3. The Morgan fingerprint density at radius 3 is 1.69 bits per heavy atom. The fourth-order valence-electron chi connectivity index (χ4n) is 10.2. The lowest BCUT2D eigenvalue weighted by molar-refractivity contribution is -0.142. The predicted octanol–water partition coefficient (Wildman–Crippen LogP) is 8.30. The van der Waals surface area contributed by atoms with Gasteiger partial charge >= 0.3 is 18.2 Å². The minimum Gasteiger partial charge on any atom is -0.468 e. The summed E-state index contributed by atoms with van der Waals surface area (Å²) in [5.74, 6) is -2.64. The maximum Gasteiger partial charge on any atom is 0.408 e. The summed E-state index contributed by atoms with van der Waals surface area (Å²) in [7, 11) is 1.27. The Morgan fingerprint density at radius 1 is 0.653 bits per heavy atom. The Bertz CT molecular complexity index is 2550. The number of esters is 1. The van der Waals surface area contributed by atoms with Gasteiger partial charge in [-0.15, -0.1) is 11.8 Å². The number of nitrogens with zero attached hydrogens (tertiary/aromatic N) is 1. The number of ether oxygens (including phenoxy) is 3. The van der Waals surface area contributed by atoms with Crippen LogP contribution in [0.3, 0.4) is 0 Å². The summed E-state index contributed by atoms with van der Waals surface area (Å²) >= 11 is 1.12. The van der Waals surface area contributed by atoms with Gasteiger partial charge in [-0.1, -0.05) is 93.6 Å². The molecule has 6 rings (SSSR count). The van der Waals surface area contributed by atoms with Gasteiger partial charge in [0.2, 0.25) is 23.6 Å². The maximum atomic E-state index is 14.9. The largest absolute Gasteiger partial charge is 0.468 e.